The highest BCUT2D eigenvalue weighted by Gasteiger charge is 2.49. The van der Waals surface area contributed by atoms with Gasteiger partial charge < -0.3 is 4.74 Å². The van der Waals surface area contributed by atoms with Crippen LogP contribution in [0.4, 0.5) is 0 Å². The quantitative estimate of drug-likeness (QED) is 0.656. The van der Waals surface area contributed by atoms with Gasteiger partial charge in [-0.2, -0.15) is 0 Å². The van der Waals surface area contributed by atoms with E-state index < -0.39 is 0 Å². The molecule has 0 bridgehead atoms. The number of hydrogen-bond acceptors (Lipinski definition) is 4. The average Bonchev–Trinajstić information content (AvgIpc) is 2.70. The molecule has 0 spiro atoms. The first-order valence-corrected chi connectivity index (χ1v) is 7.83. The molecule has 18 heavy (non-hydrogen) atoms. The number of thiophene rings is 1. The number of rotatable bonds is 3. The van der Waals surface area contributed by atoms with E-state index in [1.165, 1.54) is 4.88 Å². The molecule has 1 fully saturated rings. The SMILES string of the molecule is CC1(C)CC(C(NN)c2cc(Br)cs2)C(C)(C)O1. The lowest BCUT2D eigenvalue weighted by molar-refractivity contribution is -0.0777. The number of hydrogen-bond donors (Lipinski definition) is 2. The van der Waals surface area contributed by atoms with E-state index in [1.54, 1.807) is 11.3 Å². The van der Waals surface area contributed by atoms with Crippen LogP contribution in [0, 0.1) is 5.92 Å². The minimum absolute atomic E-state index is 0.0856. The molecule has 1 aromatic rings. The maximum atomic E-state index is 6.16. The number of halogens is 1. The largest absolute Gasteiger partial charge is 0.369 e. The minimum atomic E-state index is -0.170. The third-order valence-corrected chi connectivity index (χ3v) is 5.40. The van der Waals surface area contributed by atoms with Crippen LogP contribution in [0.2, 0.25) is 0 Å². The summed E-state index contributed by atoms with van der Waals surface area (Å²) < 4.78 is 7.27. The van der Waals surface area contributed by atoms with E-state index in [4.69, 9.17) is 10.6 Å². The maximum absolute atomic E-state index is 6.16. The number of nitrogens with two attached hydrogens (primary N) is 1. The Morgan fingerprint density at radius 2 is 2.17 bits per heavy atom. The van der Waals surface area contributed by atoms with Crippen LogP contribution >= 0.6 is 27.3 Å². The van der Waals surface area contributed by atoms with Crippen LogP contribution in [-0.4, -0.2) is 11.2 Å². The molecule has 2 rings (SSSR count). The van der Waals surface area contributed by atoms with E-state index in [0.29, 0.717) is 5.92 Å². The number of nitrogens with one attached hydrogen (secondary N) is 1. The van der Waals surface area contributed by atoms with E-state index in [0.717, 1.165) is 10.9 Å². The summed E-state index contributed by atoms with van der Waals surface area (Å²) in [6.07, 6.45) is 1.00. The van der Waals surface area contributed by atoms with E-state index >= 15 is 0 Å². The van der Waals surface area contributed by atoms with Crippen molar-refractivity contribution in [2.24, 2.45) is 11.8 Å². The first-order valence-electron chi connectivity index (χ1n) is 6.15. The highest BCUT2D eigenvalue weighted by Crippen LogP contribution is 2.48. The second-order valence-corrected chi connectivity index (χ2v) is 7.95. The van der Waals surface area contributed by atoms with Gasteiger partial charge in [-0.3, -0.25) is 11.3 Å². The zero-order valence-corrected chi connectivity index (χ0v) is 13.7. The molecule has 1 aliphatic rings. The van der Waals surface area contributed by atoms with Crippen LogP contribution in [-0.2, 0) is 4.74 Å². The molecule has 2 atom stereocenters. The first kappa shape index (κ1) is 14.5. The summed E-state index contributed by atoms with van der Waals surface area (Å²) in [5.41, 5.74) is 2.72. The monoisotopic (exact) mass is 332 g/mol. The van der Waals surface area contributed by atoms with Crippen LogP contribution in [0.5, 0.6) is 0 Å². The van der Waals surface area contributed by atoms with Gasteiger partial charge in [0.15, 0.2) is 0 Å². The van der Waals surface area contributed by atoms with Gasteiger partial charge in [0.25, 0.3) is 0 Å². The Labute approximate surface area is 121 Å². The number of ether oxygens (including phenoxy) is 1. The van der Waals surface area contributed by atoms with Gasteiger partial charge >= 0.3 is 0 Å². The molecule has 0 saturated carbocycles. The van der Waals surface area contributed by atoms with Crippen molar-refractivity contribution in [3.63, 3.8) is 0 Å². The van der Waals surface area contributed by atoms with Gasteiger partial charge in [0, 0.05) is 20.6 Å². The maximum Gasteiger partial charge on any atom is 0.0681 e. The Kier molecular flexibility index (Phi) is 3.91. The molecule has 0 radical (unpaired) electrons. The van der Waals surface area contributed by atoms with E-state index in [-0.39, 0.29) is 17.2 Å². The van der Waals surface area contributed by atoms with Crippen molar-refractivity contribution in [1.29, 1.82) is 0 Å². The molecular formula is C13H21BrN2OS. The fourth-order valence-electron chi connectivity index (χ4n) is 3.01. The first-order chi connectivity index (χ1) is 8.25. The lowest BCUT2D eigenvalue weighted by Gasteiger charge is -2.32. The predicted molar refractivity (Wildman–Crippen MR) is 79.4 cm³/mol. The Morgan fingerprint density at radius 3 is 2.56 bits per heavy atom. The van der Waals surface area contributed by atoms with Crippen molar-refractivity contribution in [3.8, 4) is 0 Å². The van der Waals surface area contributed by atoms with Crippen molar-refractivity contribution in [2.45, 2.75) is 51.4 Å². The van der Waals surface area contributed by atoms with Crippen molar-refractivity contribution >= 4 is 27.3 Å². The third-order valence-electron chi connectivity index (χ3n) is 3.62. The Hall–Kier alpha value is 0.0600. The zero-order chi connectivity index (χ0) is 13.6. The summed E-state index contributed by atoms with van der Waals surface area (Å²) in [4.78, 5) is 1.25. The van der Waals surface area contributed by atoms with Crippen LogP contribution in [0.15, 0.2) is 15.9 Å². The summed E-state index contributed by atoms with van der Waals surface area (Å²) in [5, 5.41) is 2.09. The molecule has 5 heteroatoms. The van der Waals surface area contributed by atoms with E-state index in [9.17, 15) is 0 Å². The Balaban J connectivity index is 2.28. The van der Waals surface area contributed by atoms with Crippen LogP contribution in [0.3, 0.4) is 0 Å². The Bertz CT molecular complexity index is 430. The van der Waals surface area contributed by atoms with Crippen LogP contribution in [0.25, 0.3) is 0 Å². The fraction of sp³-hybridized carbons (Fsp3) is 0.692. The number of hydrazine groups is 1. The predicted octanol–water partition coefficient (Wildman–Crippen LogP) is 3.61. The van der Waals surface area contributed by atoms with E-state index in [2.05, 4.69) is 60.5 Å². The van der Waals surface area contributed by atoms with Crippen molar-refractivity contribution in [3.05, 3.63) is 20.8 Å². The Morgan fingerprint density at radius 1 is 1.50 bits per heavy atom. The summed E-state index contributed by atoms with van der Waals surface area (Å²) >= 11 is 5.22. The zero-order valence-electron chi connectivity index (χ0n) is 11.3. The van der Waals surface area contributed by atoms with Gasteiger partial charge in [0.1, 0.15) is 0 Å². The minimum Gasteiger partial charge on any atom is -0.369 e. The summed E-state index contributed by atoms with van der Waals surface area (Å²) in [6, 6.07) is 2.27. The van der Waals surface area contributed by atoms with Crippen LogP contribution in [0.1, 0.15) is 45.0 Å². The third kappa shape index (κ3) is 2.80. The molecular weight excluding hydrogens is 312 g/mol. The van der Waals surface area contributed by atoms with Gasteiger partial charge in [0.05, 0.1) is 17.2 Å². The normalized spacial score (nSPS) is 27.3. The lowest BCUT2D eigenvalue weighted by atomic mass is 9.81. The molecule has 102 valence electrons. The summed E-state index contributed by atoms with van der Waals surface area (Å²) in [5.74, 6) is 6.15. The van der Waals surface area contributed by atoms with Gasteiger partial charge in [-0.1, -0.05) is 0 Å². The smallest absolute Gasteiger partial charge is 0.0681 e. The van der Waals surface area contributed by atoms with Gasteiger partial charge in [-0.05, 0) is 56.1 Å². The molecule has 0 aromatic carbocycles. The van der Waals surface area contributed by atoms with Crippen molar-refractivity contribution in [1.82, 2.24) is 5.43 Å². The second kappa shape index (κ2) is 4.87. The highest BCUT2D eigenvalue weighted by molar-refractivity contribution is 9.10. The van der Waals surface area contributed by atoms with E-state index in [1.807, 2.05) is 0 Å². The van der Waals surface area contributed by atoms with Gasteiger partial charge in [0.2, 0.25) is 0 Å². The molecule has 2 unspecified atom stereocenters. The molecule has 2 heterocycles. The standard InChI is InChI=1S/C13H21BrN2OS/c1-12(2)6-9(13(3,4)17-12)11(16-15)10-5-8(14)7-18-10/h5,7,9,11,16H,6,15H2,1-4H3. The summed E-state index contributed by atoms with van der Waals surface area (Å²) in [6.45, 7) is 8.60. The van der Waals surface area contributed by atoms with Gasteiger partial charge in [-0.25, -0.2) is 0 Å². The molecule has 1 aromatic heterocycles. The van der Waals surface area contributed by atoms with Gasteiger partial charge in [-0.15, -0.1) is 11.3 Å². The molecule has 0 amide bonds. The highest BCUT2D eigenvalue weighted by atomic mass is 79.9. The second-order valence-electron chi connectivity index (χ2n) is 6.09. The fourth-order valence-corrected chi connectivity index (χ4v) is 4.58. The molecule has 3 N–H and O–H groups in total. The lowest BCUT2D eigenvalue weighted by Crippen LogP contribution is -2.40. The topological polar surface area (TPSA) is 47.3 Å². The molecule has 1 saturated heterocycles. The molecule has 0 aliphatic carbocycles. The summed E-state index contributed by atoms with van der Waals surface area (Å²) in [7, 11) is 0. The van der Waals surface area contributed by atoms with Crippen LogP contribution < -0.4 is 11.3 Å². The molecule has 1 aliphatic heterocycles. The van der Waals surface area contributed by atoms with Crippen molar-refractivity contribution in [2.75, 3.05) is 0 Å². The van der Waals surface area contributed by atoms with Crippen molar-refractivity contribution < 1.29 is 4.74 Å². The molecule has 3 nitrogen and oxygen atoms in total. The average molecular weight is 333 g/mol.